The molecule has 0 amide bonds. The second kappa shape index (κ2) is 11.5. The van der Waals surface area contributed by atoms with Gasteiger partial charge in [-0.1, -0.05) is 74.0 Å². The summed E-state index contributed by atoms with van der Waals surface area (Å²) in [4.78, 5) is 17.8. The highest BCUT2D eigenvalue weighted by Crippen LogP contribution is 2.75. The molecule has 47 heavy (non-hydrogen) atoms. The fraction of sp³-hybridized carbons (Fsp3) is 0.868. The molecule has 2 bridgehead atoms. The minimum absolute atomic E-state index is 0.132. The smallest absolute Gasteiger partial charge is 0.307 e. The van der Waals surface area contributed by atoms with Crippen LogP contribution in [0.1, 0.15) is 114 Å². The molecule has 1 aromatic rings. The third-order valence-corrected chi connectivity index (χ3v) is 16.1. The van der Waals surface area contributed by atoms with Crippen LogP contribution in [0, 0.1) is 62.6 Å². The van der Waals surface area contributed by atoms with Gasteiger partial charge in [0.25, 0.3) is 0 Å². The minimum Gasteiger partial charge on any atom is -0.481 e. The van der Waals surface area contributed by atoms with Gasteiger partial charge in [0.05, 0.1) is 37.9 Å². The topological polar surface area (TPSA) is 112 Å². The van der Waals surface area contributed by atoms with Crippen LogP contribution < -0.4 is 5.73 Å². The van der Waals surface area contributed by atoms with Gasteiger partial charge in [0.1, 0.15) is 6.33 Å². The van der Waals surface area contributed by atoms with Gasteiger partial charge in [-0.25, -0.2) is 9.67 Å². The zero-order valence-electron chi connectivity index (χ0n) is 30.6. The van der Waals surface area contributed by atoms with Crippen LogP contribution in [0.25, 0.3) is 0 Å². The van der Waals surface area contributed by atoms with Gasteiger partial charge in [-0.15, -0.1) is 0 Å². The van der Waals surface area contributed by atoms with Crippen molar-refractivity contribution in [3.63, 3.8) is 0 Å². The highest BCUT2D eigenvalue weighted by atomic mass is 35.5. The lowest BCUT2D eigenvalue weighted by Gasteiger charge is -2.71. The van der Waals surface area contributed by atoms with E-state index in [1.165, 1.54) is 11.9 Å². The predicted molar refractivity (Wildman–Crippen MR) is 185 cm³/mol. The van der Waals surface area contributed by atoms with E-state index in [-0.39, 0.29) is 45.1 Å². The number of fused-ring (bicyclic) bond motifs is 3. The van der Waals surface area contributed by atoms with E-state index >= 15 is 0 Å². The number of aliphatic carboxylic acids is 1. The van der Waals surface area contributed by atoms with Crippen LogP contribution in [0.2, 0.25) is 5.28 Å². The summed E-state index contributed by atoms with van der Waals surface area (Å²) >= 11 is 6.75. The number of hydrogen-bond acceptors (Lipinski definition) is 6. The normalized spacial score (nSPS) is 45.0. The van der Waals surface area contributed by atoms with Gasteiger partial charge in [-0.05, 0) is 103 Å². The second-order valence-electron chi connectivity index (χ2n) is 18.5. The molecular formula is C38H61ClN4O4. The average Bonchev–Trinajstić information content (AvgIpc) is 3.41. The molecule has 9 heteroatoms. The number of carboxylic acids is 1. The van der Waals surface area contributed by atoms with Crippen molar-refractivity contribution >= 4 is 17.6 Å². The van der Waals surface area contributed by atoms with Crippen LogP contribution in [0.3, 0.4) is 0 Å². The molecule has 3 N–H and O–H groups in total. The molecule has 264 valence electrons. The third-order valence-electron chi connectivity index (χ3n) is 15.8. The Morgan fingerprint density at radius 1 is 1.15 bits per heavy atom. The summed E-state index contributed by atoms with van der Waals surface area (Å²) in [5.41, 5.74) is 6.51. The summed E-state index contributed by atoms with van der Waals surface area (Å²) in [6.07, 6.45) is 9.49. The quantitative estimate of drug-likeness (QED) is 0.271. The predicted octanol–water partition coefficient (Wildman–Crippen LogP) is 7.82. The van der Waals surface area contributed by atoms with Crippen molar-refractivity contribution in [1.82, 2.24) is 14.8 Å². The van der Waals surface area contributed by atoms with Gasteiger partial charge in [0.2, 0.25) is 5.28 Å². The molecule has 0 radical (unpaired) electrons. The van der Waals surface area contributed by atoms with Crippen LogP contribution in [-0.2, 0) is 14.3 Å². The Kier molecular flexibility index (Phi) is 8.67. The number of allylic oxidation sites excluding steroid dienone is 1. The number of ether oxygens (including phenoxy) is 2. The number of carbonyl (C=O) groups is 1. The monoisotopic (exact) mass is 672 g/mol. The molecule has 6 rings (SSSR count). The first-order chi connectivity index (χ1) is 21.8. The highest BCUT2D eigenvalue weighted by Gasteiger charge is 2.72. The van der Waals surface area contributed by atoms with Gasteiger partial charge in [-0.3, -0.25) is 4.79 Å². The lowest BCUT2D eigenvalue weighted by Crippen LogP contribution is -2.69. The lowest BCUT2D eigenvalue weighted by atomic mass is 9.34. The summed E-state index contributed by atoms with van der Waals surface area (Å²) in [6, 6.07) is -0.132. The Morgan fingerprint density at radius 3 is 2.45 bits per heavy atom. The number of hydrogen-bond donors (Lipinski definition) is 2. The molecule has 4 fully saturated rings. The second-order valence-corrected chi connectivity index (χ2v) is 18.8. The standard InChI is InChI=1S/C38H61ClN4O4/c1-22(2)24(5)33(6)15-16-35(8)25-11-12-28-34(7)18-46-20-38(28,26(25)13-14-36(35,9)29(33)31(44)45)17-27(43-32(39)41-21-42-43)30(34)47-19-37(10,40)23(3)4/h13,21-25,27-30H,11-12,14-20,40H2,1-10H3,(H,44,45)/t24-,25+,27-,28+,29-,30+,33-,34-,35-,36+,37+,38+/m1/s1. The Balaban J connectivity index is 1.45. The molecule has 1 aliphatic heterocycles. The molecule has 4 aliphatic carbocycles. The molecule has 5 aliphatic rings. The molecule has 2 heterocycles. The van der Waals surface area contributed by atoms with E-state index in [0.29, 0.717) is 48.8 Å². The Hall–Kier alpha value is -1.48. The first-order valence-corrected chi connectivity index (χ1v) is 18.6. The molecule has 3 saturated carbocycles. The number of nitrogens with zero attached hydrogens (tertiary/aromatic N) is 3. The average molecular weight is 673 g/mol. The fourth-order valence-corrected chi connectivity index (χ4v) is 12.2. The van der Waals surface area contributed by atoms with Crippen molar-refractivity contribution in [2.24, 2.45) is 68.3 Å². The van der Waals surface area contributed by atoms with Gasteiger partial charge < -0.3 is 20.3 Å². The van der Waals surface area contributed by atoms with Crippen LogP contribution in [-0.4, -0.2) is 57.3 Å². The summed E-state index contributed by atoms with van der Waals surface area (Å²) in [5, 5.41) is 16.1. The number of carboxylic acid groups (broad SMARTS) is 1. The molecule has 0 aromatic carbocycles. The van der Waals surface area contributed by atoms with E-state index in [2.05, 4.69) is 85.4 Å². The minimum atomic E-state index is -0.627. The van der Waals surface area contributed by atoms with Crippen molar-refractivity contribution in [1.29, 1.82) is 0 Å². The van der Waals surface area contributed by atoms with Crippen molar-refractivity contribution in [3.8, 4) is 0 Å². The zero-order chi connectivity index (χ0) is 34.5. The van der Waals surface area contributed by atoms with E-state index in [0.717, 1.165) is 38.5 Å². The van der Waals surface area contributed by atoms with E-state index in [1.807, 2.05) is 4.68 Å². The zero-order valence-corrected chi connectivity index (χ0v) is 31.4. The summed E-state index contributed by atoms with van der Waals surface area (Å²) in [5.74, 6) is 0.597. The molecule has 1 aromatic heterocycles. The molecule has 0 spiro atoms. The molecule has 8 nitrogen and oxygen atoms in total. The summed E-state index contributed by atoms with van der Waals surface area (Å²) < 4.78 is 15.5. The van der Waals surface area contributed by atoms with E-state index in [1.54, 1.807) is 0 Å². The summed E-state index contributed by atoms with van der Waals surface area (Å²) in [7, 11) is 0. The number of halogens is 1. The number of aromatic nitrogens is 3. The maximum Gasteiger partial charge on any atom is 0.307 e. The van der Waals surface area contributed by atoms with Crippen molar-refractivity contribution in [3.05, 3.63) is 23.3 Å². The van der Waals surface area contributed by atoms with Crippen molar-refractivity contribution in [2.45, 2.75) is 125 Å². The number of nitrogens with two attached hydrogens (primary N) is 1. The first kappa shape index (κ1) is 35.3. The molecule has 0 unspecified atom stereocenters. The van der Waals surface area contributed by atoms with Gasteiger partial charge >= 0.3 is 5.97 Å². The molecule has 12 atom stereocenters. The van der Waals surface area contributed by atoms with E-state index in [4.69, 9.17) is 26.8 Å². The van der Waals surface area contributed by atoms with Crippen LogP contribution in [0.15, 0.2) is 18.0 Å². The SMILES string of the molecule is CC(C)[C@@H](C)[C@@]1(C)CC[C@]2(C)[C@H]3CC[C@@H]4[C@@]5(COC[C@@]4(C)[C@@H](OC[C@](C)(N)C(C)C)[C@H](n4ncnc4Cl)C5)C3=CC[C@@]2(C)[C@@H]1C(=O)O. The highest BCUT2D eigenvalue weighted by molar-refractivity contribution is 6.28. The maximum absolute atomic E-state index is 13.4. The fourth-order valence-electron chi connectivity index (χ4n) is 12.0. The van der Waals surface area contributed by atoms with E-state index in [9.17, 15) is 9.90 Å². The Morgan fingerprint density at radius 2 is 1.85 bits per heavy atom. The Labute approximate surface area is 288 Å². The van der Waals surface area contributed by atoms with E-state index < -0.39 is 17.4 Å². The van der Waals surface area contributed by atoms with Crippen molar-refractivity contribution < 1.29 is 19.4 Å². The largest absolute Gasteiger partial charge is 0.481 e. The lowest BCUT2D eigenvalue weighted by molar-refractivity contribution is -0.252. The van der Waals surface area contributed by atoms with Crippen LogP contribution in [0.4, 0.5) is 0 Å². The molecular weight excluding hydrogens is 612 g/mol. The third kappa shape index (κ3) is 4.87. The van der Waals surface area contributed by atoms with Crippen LogP contribution in [0.5, 0.6) is 0 Å². The number of rotatable bonds is 8. The van der Waals surface area contributed by atoms with Crippen LogP contribution >= 0.6 is 11.6 Å². The van der Waals surface area contributed by atoms with Gasteiger partial charge in [0, 0.05) is 16.4 Å². The molecule has 1 saturated heterocycles. The Bertz CT molecular complexity index is 1410. The maximum atomic E-state index is 13.4. The van der Waals surface area contributed by atoms with Gasteiger partial charge in [-0.2, -0.15) is 5.10 Å². The first-order valence-electron chi connectivity index (χ1n) is 18.3. The van der Waals surface area contributed by atoms with Gasteiger partial charge in [0.15, 0.2) is 0 Å². The van der Waals surface area contributed by atoms with Crippen molar-refractivity contribution in [2.75, 3.05) is 19.8 Å². The summed E-state index contributed by atoms with van der Waals surface area (Å²) in [6.45, 7) is 24.2.